The van der Waals surface area contributed by atoms with Gasteiger partial charge in [0.05, 0.1) is 5.69 Å². The zero-order chi connectivity index (χ0) is 12.1. The largest absolute Gasteiger partial charge is 0.306 e. The van der Waals surface area contributed by atoms with Crippen LogP contribution in [0.1, 0.15) is 19.5 Å². The van der Waals surface area contributed by atoms with Gasteiger partial charge in [-0.3, -0.25) is 0 Å². The van der Waals surface area contributed by atoms with Crippen molar-refractivity contribution in [1.82, 2.24) is 14.3 Å². The van der Waals surface area contributed by atoms with Gasteiger partial charge in [0.2, 0.25) is 0 Å². The molecule has 2 aromatic heterocycles. The van der Waals surface area contributed by atoms with Gasteiger partial charge >= 0.3 is 0 Å². The van der Waals surface area contributed by atoms with E-state index in [9.17, 15) is 0 Å². The molecule has 3 nitrogen and oxygen atoms in total. The molecule has 3 heteroatoms. The summed E-state index contributed by atoms with van der Waals surface area (Å²) in [5, 5.41) is 0. The highest BCUT2D eigenvalue weighted by atomic mass is 15.1. The Morgan fingerprint density at radius 2 is 2.12 bits per heavy atom. The van der Waals surface area contributed by atoms with E-state index in [0.717, 1.165) is 31.0 Å². The molecule has 0 aliphatic heterocycles. The number of pyridine rings is 1. The number of hydrogen-bond donors (Lipinski definition) is 0. The van der Waals surface area contributed by atoms with Crippen LogP contribution in [0.2, 0.25) is 0 Å². The second-order valence-electron chi connectivity index (χ2n) is 4.02. The van der Waals surface area contributed by atoms with Crippen molar-refractivity contribution in [2.45, 2.75) is 13.8 Å². The fraction of sp³-hybridized carbons (Fsp3) is 0.357. The number of hydrogen-bond acceptors (Lipinski definition) is 2. The zero-order valence-electron chi connectivity index (χ0n) is 10.5. The van der Waals surface area contributed by atoms with Gasteiger partial charge in [-0.1, -0.05) is 26.0 Å². The molecule has 17 heavy (non-hydrogen) atoms. The molecule has 0 radical (unpaired) electrons. The fourth-order valence-electron chi connectivity index (χ4n) is 1.84. The lowest BCUT2D eigenvalue weighted by Crippen LogP contribution is -2.22. The average molecular weight is 229 g/mol. The van der Waals surface area contributed by atoms with Crippen molar-refractivity contribution in [3.63, 3.8) is 0 Å². The smallest absolute Gasteiger partial charge is 0.137 e. The van der Waals surface area contributed by atoms with E-state index in [2.05, 4.69) is 35.9 Å². The Bertz CT molecular complexity index is 462. The predicted octanol–water partition coefficient (Wildman–Crippen LogP) is 2.69. The van der Waals surface area contributed by atoms with Crippen molar-refractivity contribution in [1.29, 1.82) is 0 Å². The van der Waals surface area contributed by atoms with E-state index < -0.39 is 0 Å². The summed E-state index contributed by atoms with van der Waals surface area (Å²) in [6.45, 7) is 7.53. The quantitative estimate of drug-likeness (QED) is 0.785. The van der Waals surface area contributed by atoms with Crippen molar-refractivity contribution in [2.75, 3.05) is 19.6 Å². The average Bonchev–Trinajstić information content (AvgIpc) is 2.77. The van der Waals surface area contributed by atoms with Crippen LogP contribution in [-0.2, 0) is 0 Å². The van der Waals surface area contributed by atoms with Crippen LogP contribution in [0.4, 0.5) is 0 Å². The lowest BCUT2D eigenvalue weighted by molar-refractivity contribution is 0.338. The van der Waals surface area contributed by atoms with Gasteiger partial charge in [0.1, 0.15) is 5.65 Å². The van der Waals surface area contributed by atoms with Gasteiger partial charge in [-0.15, -0.1) is 0 Å². The number of nitrogens with zero attached hydrogens (tertiary/aromatic N) is 3. The number of fused-ring (bicyclic) bond motifs is 1. The van der Waals surface area contributed by atoms with Crippen LogP contribution in [-0.4, -0.2) is 33.9 Å². The fourth-order valence-corrected chi connectivity index (χ4v) is 1.84. The van der Waals surface area contributed by atoms with Gasteiger partial charge in [-0.2, -0.15) is 0 Å². The second kappa shape index (κ2) is 5.64. The highest BCUT2D eigenvalue weighted by molar-refractivity contribution is 5.51. The third kappa shape index (κ3) is 2.94. The predicted molar refractivity (Wildman–Crippen MR) is 72.0 cm³/mol. The van der Waals surface area contributed by atoms with Gasteiger partial charge < -0.3 is 9.30 Å². The topological polar surface area (TPSA) is 20.5 Å². The van der Waals surface area contributed by atoms with E-state index in [0.29, 0.717) is 0 Å². The number of aromatic nitrogens is 2. The maximum absolute atomic E-state index is 4.52. The van der Waals surface area contributed by atoms with Crippen LogP contribution in [0.25, 0.3) is 11.7 Å². The summed E-state index contributed by atoms with van der Waals surface area (Å²) in [5.41, 5.74) is 2.01. The first kappa shape index (κ1) is 11.9. The zero-order valence-corrected chi connectivity index (χ0v) is 10.5. The highest BCUT2D eigenvalue weighted by Crippen LogP contribution is 2.05. The summed E-state index contributed by atoms with van der Waals surface area (Å²) in [6, 6.07) is 6.03. The molecule has 0 aromatic carbocycles. The van der Waals surface area contributed by atoms with E-state index in [1.54, 1.807) is 0 Å². The molecule has 0 spiro atoms. The highest BCUT2D eigenvalue weighted by Gasteiger charge is 1.97. The molecule has 0 saturated heterocycles. The van der Waals surface area contributed by atoms with Crippen LogP contribution >= 0.6 is 0 Å². The Kier molecular flexibility index (Phi) is 3.94. The molecule has 2 rings (SSSR count). The molecular weight excluding hydrogens is 210 g/mol. The second-order valence-corrected chi connectivity index (χ2v) is 4.02. The number of likely N-dealkylation sites (N-methyl/N-ethyl adjacent to an activating group) is 1. The van der Waals surface area contributed by atoms with Crippen LogP contribution in [0.5, 0.6) is 0 Å². The maximum Gasteiger partial charge on any atom is 0.137 e. The molecule has 0 bridgehead atoms. The minimum Gasteiger partial charge on any atom is -0.306 e. The number of imidazole rings is 1. The molecule has 0 unspecified atom stereocenters. The molecular formula is C14H19N3. The minimum absolute atomic E-state index is 0.987. The first-order chi connectivity index (χ1) is 8.33. The van der Waals surface area contributed by atoms with Crippen molar-refractivity contribution >= 4 is 11.7 Å². The molecule has 90 valence electrons. The van der Waals surface area contributed by atoms with Gasteiger partial charge in [0.15, 0.2) is 0 Å². The Morgan fingerprint density at radius 1 is 1.29 bits per heavy atom. The SMILES string of the molecule is CCN(CC)C/C=C\c1cn2ccccc2n1. The van der Waals surface area contributed by atoms with Crippen molar-refractivity contribution in [3.05, 3.63) is 42.4 Å². The summed E-state index contributed by atoms with van der Waals surface area (Å²) in [6.07, 6.45) is 8.33. The van der Waals surface area contributed by atoms with E-state index >= 15 is 0 Å². The summed E-state index contributed by atoms with van der Waals surface area (Å²) < 4.78 is 2.04. The monoisotopic (exact) mass is 229 g/mol. The molecule has 0 fully saturated rings. The van der Waals surface area contributed by atoms with E-state index in [1.807, 2.05) is 35.0 Å². The third-order valence-electron chi connectivity index (χ3n) is 2.93. The molecule has 2 heterocycles. The number of rotatable bonds is 5. The Balaban J connectivity index is 2.05. The van der Waals surface area contributed by atoms with Crippen LogP contribution in [0.15, 0.2) is 36.7 Å². The summed E-state index contributed by atoms with van der Waals surface area (Å²) >= 11 is 0. The van der Waals surface area contributed by atoms with Gasteiger partial charge in [0, 0.05) is 18.9 Å². The van der Waals surface area contributed by atoms with Crippen LogP contribution in [0, 0.1) is 0 Å². The van der Waals surface area contributed by atoms with Crippen molar-refractivity contribution in [3.8, 4) is 0 Å². The van der Waals surface area contributed by atoms with Crippen LogP contribution < -0.4 is 0 Å². The standard InChI is InChI=1S/C14H19N3/c1-3-16(4-2)10-7-8-13-12-17-11-6-5-9-14(17)15-13/h5-9,11-12H,3-4,10H2,1-2H3/b8-7-. The van der Waals surface area contributed by atoms with E-state index in [-0.39, 0.29) is 0 Å². The Hall–Kier alpha value is -1.61. The summed E-state index contributed by atoms with van der Waals surface area (Å²) in [5.74, 6) is 0. The third-order valence-corrected chi connectivity index (χ3v) is 2.93. The minimum atomic E-state index is 0.987. The molecule has 0 N–H and O–H groups in total. The summed E-state index contributed by atoms with van der Waals surface area (Å²) in [7, 11) is 0. The first-order valence-electron chi connectivity index (χ1n) is 6.16. The lowest BCUT2D eigenvalue weighted by Gasteiger charge is -2.14. The van der Waals surface area contributed by atoms with E-state index in [1.165, 1.54) is 0 Å². The van der Waals surface area contributed by atoms with Gasteiger partial charge in [-0.25, -0.2) is 4.98 Å². The first-order valence-corrected chi connectivity index (χ1v) is 6.16. The van der Waals surface area contributed by atoms with Crippen LogP contribution in [0.3, 0.4) is 0 Å². The van der Waals surface area contributed by atoms with Crippen molar-refractivity contribution < 1.29 is 0 Å². The van der Waals surface area contributed by atoms with Gasteiger partial charge in [0.25, 0.3) is 0 Å². The lowest BCUT2D eigenvalue weighted by atomic mass is 10.4. The molecule has 0 saturated carbocycles. The maximum atomic E-state index is 4.52. The Labute approximate surface area is 102 Å². The molecule has 2 aromatic rings. The molecule has 0 aliphatic rings. The van der Waals surface area contributed by atoms with Gasteiger partial charge in [-0.05, 0) is 31.3 Å². The van der Waals surface area contributed by atoms with E-state index in [4.69, 9.17) is 0 Å². The van der Waals surface area contributed by atoms with Crippen molar-refractivity contribution in [2.24, 2.45) is 0 Å². The molecule has 0 atom stereocenters. The summed E-state index contributed by atoms with van der Waals surface area (Å²) in [4.78, 5) is 6.89. The molecule has 0 aliphatic carbocycles. The Morgan fingerprint density at radius 3 is 2.82 bits per heavy atom. The normalized spacial score (nSPS) is 11.9. The molecule has 0 amide bonds.